The van der Waals surface area contributed by atoms with Crippen molar-refractivity contribution in [1.82, 2.24) is 44.6 Å². The first-order chi connectivity index (χ1) is 34.1. The second-order valence-electron chi connectivity index (χ2n) is 19.0. The number of aryl methyl sites for hydroxylation is 2. The summed E-state index contributed by atoms with van der Waals surface area (Å²) < 4.78 is 21.3. The minimum absolute atomic E-state index is 0.0197. The molecule has 3 aliphatic heterocycles. The van der Waals surface area contributed by atoms with Crippen molar-refractivity contribution in [2.24, 2.45) is 14.1 Å². The lowest BCUT2D eigenvalue weighted by atomic mass is 9.82. The van der Waals surface area contributed by atoms with Gasteiger partial charge < -0.3 is 15.5 Å². The number of likely N-dealkylation sites (tertiary alicyclic amines) is 1. The Kier molecular flexibility index (Phi) is 12.0. The molecule has 3 N–H and O–H groups in total. The fourth-order valence-electron chi connectivity index (χ4n) is 10.5. The van der Waals surface area contributed by atoms with E-state index in [9.17, 15) is 28.8 Å². The van der Waals surface area contributed by atoms with E-state index in [2.05, 4.69) is 54.2 Å². The van der Waals surface area contributed by atoms with Gasteiger partial charge in [0.2, 0.25) is 17.7 Å². The third-order valence-corrected chi connectivity index (χ3v) is 14.3. The second kappa shape index (κ2) is 18.3. The van der Waals surface area contributed by atoms with Gasteiger partial charge >= 0.3 is 5.69 Å². The topological polar surface area (TPSA) is 198 Å². The summed E-state index contributed by atoms with van der Waals surface area (Å²) in [4.78, 5) is 85.9. The first-order valence-electron chi connectivity index (χ1n) is 23.7. The summed E-state index contributed by atoms with van der Waals surface area (Å²) in [6.07, 6.45) is 5.94. The third-order valence-electron chi connectivity index (χ3n) is 14.3. The van der Waals surface area contributed by atoms with E-state index >= 15 is 4.39 Å². The fraction of sp³-hybridized carbons (Fsp3) is 0.302. The quantitative estimate of drug-likeness (QED) is 0.134. The number of hydrogen-bond acceptors (Lipinski definition) is 10. The van der Waals surface area contributed by atoms with Gasteiger partial charge in [-0.05, 0) is 134 Å². The largest absolute Gasteiger partial charge is 0.354 e. The van der Waals surface area contributed by atoms with Gasteiger partial charge in [0.1, 0.15) is 23.9 Å². The van der Waals surface area contributed by atoms with Crippen molar-refractivity contribution in [3.8, 4) is 27.9 Å². The van der Waals surface area contributed by atoms with E-state index in [-0.39, 0.29) is 51.9 Å². The summed E-state index contributed by atoms with van der Waals surface area (Å²) in [5.41, 5.74) is 6.17. The van der Waals surface area contributed by atoms with Crippen LogP contribution in [0.3, 0.4) is 0 Å². The Morgan fingerprint density at radius 3 is 2.34 bits per heavy atom. The summed E-state index contributed by atoms with van der Waals surface area (Å²) in [5, 5.41) is 16.2. The molecule has 0 bridgehead atoms. The fourth-order valence-corrected chi connectivity index (χ4v) is 10.5. The normalized spacial score (nSPS) is 17.1. The number of pyridine rings is 1. The van der Waals surface area contributed by atoms with Gasteiger partial charge in [0.15, 0.2) is 5.69 Å². The molecule has 362 valence electrons. The number of rotatable bonds is 11. The molecule has 0 radical (unpaired) electrons. The molecule has 3 aromatic heterocycles. The number of fused-ring (bicyclic) bond motifs is 2. The number of anilines is 2. The minimum atomic E-state index is -0.822. The lowest BCUT2D eigenvalue weighted by Crippen LogP contribution is -2.55. The van der Waals surface area contributed by atoms with Crippen LogP contribution in [0.2, 0.25) is 0 Å². The minimum Gasteiger partial charge on any atom is -0.354 e. The Balaban J connectivity index is 0.888. The standard InChI is InChI=1S/C53H52FN11O6/c1-53(2)45-33(7-6-8-41(45)65(51(53)70)42-17-18-43(66)59-49(42)68)22-26-63-24-20-31(21-25-63)30-9-11-32(12-10-30)38-28-35(64-29-57-62(5)52(64)71)13-14-36(38)37-15-16-40-44(46(37)54)47(60-61(40)4)50(69)58-34-19-23-56-39(27-34)48(67)55-3/h6-16,19,23,27-29,31,42H,17-18,20-22,24-26H2,1-5H3,(H,55,67)(H,56,58,69)(H,59,66,68). The van der Waals surface area contributed by atoms with Crippen molar-refractivity contribution >= 4 is 51.8 Å². The van der Waals surface area contributed by atoms with Crippen molar-refractivity contribution in [1.29, 1.82) is 0 Å². The SMILES string of the molecule is CNC(=O)c1cc(NC(=O)c2nn(C)c3ccc(-c4ccc(-n5cnn(C)c5=O)cc4-c4ccc(C5CCN(CCc6cccc7c6C(C)(C)C(=O)N7C6CCC(=O)NC6=O)CC5)cc4)c(F)c23)ccn1. The highest BCUT2D eigenvalue weighted by Gasteiger charge is 2.50. The number of hydrogen-bond donors (Lipinski definition) is 3. The highest BCUT2D eigenvalue weighted by Crippen LogP contribution is 2.46. The number of carbonyl (C=O) groups is 5. The van der Waals surface area contributed by atoms with Gasteiger partial charge in [0.25, 0.3) is 11.8 Å². The third kappa shape index (κ3) is 8.36. The number of amides is 5. The smallest absolute Gasteiger partial charge is 0.350 e. The molecule has 2 saturated heterocycles. The molecular formula is C53H52FN11O6. The van der Waals surface area contributed by atoms with E-state index in [0.29, 0.717) is 34.7 Å². The van der Waals surface area contributed by atoms with Crippen LogP contribution in [0.4, 0.5) is 15.8 Å². The van der Waals surface area contributed by atoms with Gasteiger partial charge in [-0.3, -0.25) is 43.9 Å². The highest BCUT2D eigenvalue weighted by atomic mass is 19.1. The Morgan fingerprint density at radius 2 is 1.62 bits per heavy atom. The number of nitrogens with zero attached hydrogens (tertiary/aromatic N) is 8. The van der Waals surface area contributed by atoms with Gasteiger partial charge in [-0.15, -0.1) is 0 Å². The Morgan fingerprint density at radius 1 is 0.859 bits per heavy atom. The lowest BCUT2D eigenvalue weighted by molar-refractivity contribution is -0.136. The average Bonchev–Trinajstić information content (AvgIpc) is 3.97. The molecule has 0 spiro atoms. The predicted octanol–water partition coefficient (Wildman–Crippen LogP) is 5.79. The zero-order chi connectivity index (χ0) is 49.9. The molecule has 18 heteroatoms. The Labute approximate surface area is 407 Å². The lowest BCUT2D eigenvalue weighted by Gasteiger charge is -2.32. The van der Waals surface area contributed by atoms with Crippen LogP contribution < -0.4 is 26.5 Å². The van der Waals surface area contributed by atoms with E-state index in [1.807, 2.05) is 44.2 Å². The van der Waals surface area contributed by atoms with E-state index < -0.39 is 35.0 Å². The van der Waals surface area contributed by atoms with Crippen molar-refractivity contribution in [2.75, 3.05) is 36.9 Å². The van der Waals surface area contributed by atoms with Crippen molar-refractivity contribution < 1.29 is 28.4 Å². The number of benzene rings is 4. The van der Waals surface area contributed by atoms with Gasteiger partial charge in [-0.25, -0.2) is 18.4 Å². The predicted molar refractivity (Wildman–Crippen MR) is 265 cm³/mol. The summed E-state index contributed by atoms with van der Waals surface area (Å²) in [5.74, 6) is -2.34. The maximum Gasteiger partial charge on any atom is 0.350 e. The van der Waals surface area contributed by atoms with Crippen LogP contribution in [-0.4, -0.2) is 96.3 Å². The molecule has 1 atom stereocenters. The summed E-state index contributed by atoms with van der Waals surface area (Å²) in [6, 6.07) is 25.1. The number of halogens is 1. The Bertz CT molecular complexity index is 3380. The van der Waals surface area contributed by atoms with Gasteiger partial charge in [0.05, 0.1) is 22.0 Å². The molecule has 5 amide bonds. The maximum atomic E-state index is 17.2. The molecule has 6 heterocycles. The van der Waals surface area contributed by atoms with Crippen LogP contribution in [0.5, 0.6) is 0 Å². The monoisotopic (exact) mass is 957 g/mol. The molecule has 4 aromatic carbocycles. The molecule has 10 rings (SSSR count). The molecule has 2 fully saturated rings. The molecule has 1 unspecified atom stereocenters. The molecule has 0 aliphatic carbocycles. The molecule has 17 nitrogen and oxygen atoms in total. The van der Waals surface area contributed by atoms with Gasteiger partial charge in [-0.1, -0.05) is 42.5 Å². The zero-order valence-corrected chi connectivity index (χ0v) is 40.0. The summed E-state index contributed by atoms with van der Waals surface area (Å²) >= 11 is 0. The highest BCUT2D eigenvalue weighted by molar-refractivity contribution is 6.14. The number of nitrogens with one attached hydrogen (secondary N) is 3. The first-order valence-corrected chi connectivity index (χ1v) is 23.7. The van der Waals surface area contributed by atoms with Crippen molar-refractivity contribution in [3.05, 3.63) is 142 Å². The molecular weight excluding hydrogens is 906 g/mol. The van der Waals surface area contributed by atoms with Crippen LogP contribution in [0.15, 0.2) is 102 Å². The van der Waals surface area contributed by atoms with Crippen LogP contribution in [0.1, 0.15) is 83.1 Å². The van der Waals surface area contributed by atoms with Gasteiger partial charge in [-0.2, -0.15) is 10.2 Å². The first kappa shape index (κ1) is 46.6. The van der Waals surface area contributed by atoms with E-state index in [4.69, 9.17) is 0 Å². The van der Waals surface area contributed by atoms with Crippen LogP contribution in [0.25, 0.3) is 38.8 Å². The van der Waals surface area contributed by atoms with E-state index in [1.54, 1.807) is 43.3 Å². The van der Waals surface area contributed by atoms with Crippen molar-refractivity contribution in [2.45, 2.75) is 63.3 Å². The number of piperidine rings is 2. The van der Waals surface area contributed by atoms with Gasteiger partial charge in [0, 0.05) is 57.2 Å². The number of imide groups is 1. The summed E-state index contributed by atoms with van der Waals surface area (Å²) in [6.45, 7) is 6.40. The molecule has 0 saturated carbocycles. The number of aromatic nitrogens is 6. The van der Waals surface area contributed by atoms with Crippen LogP contribution in [0, 0.1) is 5.82 Å². The summed E-state index contributed by atoms with van der Waals surface area (Å²) in [7, 11) is 4.68. The zero-order valence-electron chi connectivity index (χ0n) is 40.0. The maximum absolute atomic E-state index is 17.2. The number of carbonyl (C=O) groups excluding carboxylic acids is 5. The van der Waals surface area contributed by atoms with Crippen LogP contribution >= 0.6 is 0 Å². The molecule has 7 aromatic rings. The molecule has 3 aliphatic rings. The Hall–Kier alpha value is -8.12. The molecule has 71 heavy (non-hydrogen) atoms. The second-order valence-corrected chi connectivity index (χ2v) is 19.0. The van der Waals surface area contributed by atoms with Crippen LogP contribution in [-0.2, 0) is 40.3 Å². The average molecular weight is 958 g/mol. The van der Waals surface area contributed by atoms with E-state index in [0.717, 1.165) is 61.3 Å². The van der Waals surface area contributed by atoms with E-state index in [1.165, 1.54) is 51.2 Å². The van der Waals surface area contributed by atoms with Crippen molar-refractivity contribution in [3.63, 3.8) is 0 Å².